The predicted molar refractivity (Wildman–Crippen MR) is 106 cm³/mol. The number of fused-ring (bicyclic) bond motifs is 1. The number of aryl methyl sites for hydroxylation is 2. The molecule has 0 spiro atoms. The molecule has 1 saturated heterocycles. The maximum atomic E-state index is 12.6. The van der Waals surface area contributed by atoms with Crippen LogP contribution in [0.2, 0.25) is 0 Å². The van der Waals surface area contributed by atoms with Crippen LogP contribution in [0.1, 0.15) is 39.5 Å². The summed E-state index contributed by atoms with van der Waals surface area (Å²) in [4.78, 5) is 26.8. The van der Waals surface area contributed by atoms with E-state index in [4.69, 9.17) is 0 Å². The summed E-state index contributed by atoms with van der Waals surface area (Å²) in [6.45, 7) is 1.84. The van der Waals surface area contributed by atoms with Gasteiger partial charge in [0.2, 0.25) is 5.91 Å². The number of rotatable bonds is 4. The van der Waals surface area contributed by atoms with E-state index in [2.05, 4.69) is 10.6 Å². The number of hydrogen-bond acceptors (Lipinski definition) is 4. The van der Waals surface area contributed by atoms with Crippen LogP contribution >= 0.6 is 0 Å². The van der Waals surface area contributed by atoms with E-state index in [0.717, 1.165) is 24.8 Å². The molecule has 146 valence electrons. The summed E-state index contributed by atoms with van der Waals surface area (Å²) < 4.78 is 0. The smallest absolute Gasteiger partial charge is 0.251 e. The molecule has 2 aliphatic rings. The van der Waals surface area contributed by atoms with E-state index in [9.17, 15) is 14.7 Å². The number of carbonyl (C=O) groups is 2. The predicted octanol–water partition coefficient (Wildman–Crippen LogP) is 1.78. The van der Waals surface area contributed by atoms with Crippen molar-refractivity contribution in [3.05, 3.63) is 64.7 Å². The van der Waals surface area contributed by atoms with Gasteiger partial charge in [-0.05, 0) is 60.2 Å². The molecule has 6 nitrogen and oxygen atoms in total. The first-order chi connectivity index (χ1) is 13.6. The van der Waals surface area contributed by atoms with Gasteiger partial charge >= 0.3 is 0 Å². The number of aromatic hydroxyl groups is 1. The monoisotopic (exact) mass is 379 g/mol. The number of phenolic OH excluding ortho intramolecular Hbond substituents is 1. The third-order valence-corrected chi connectivity index (χ3v) is 5.58. The Bertz CT molecular complexity index is 879. The molecular formula is C22H25N3O3. The van der Waals surface area contributed by atoms with E-state index < -0.39 is 0 Å². The highest BCUT2D eigenvalue weighted by molar-refractivity contribution is 5.96. The van der Waals surface area contributed by atoms with Gasteiger partial charge in [-0.25, -0.2) is 0 Å². The highest BCUT2D eigenvalue weighted by Crippen LogP contribution is 2.23. The van der Waals surface area contributed by atoms with Crippen LogP contribution in [0.25, 0.3) is 0 Å². The second-order valence-corrected chi connectivity index (χ2v) is 7.46. The molecule has 2 aromatic carbocycles. The molecule has 1 atom stereocenters. The zero-order chi connectivity index (χ0) is 19.5. The number of piperazine rings is 1. The fraction of sp³-hybridized carbons (Fsp3) is 0.364. The average Bonchev–Trinajstić information content (AvgIpc) is 3.20. The molecule has 1 fully saturated rings. The van der Waals surface area contributed by atoms with Gasteiger partial charge in [0.1, 0.15) is 5.75 Å². The van der Waals surface area contributed by atoms with Crippen LogP contribution < -0.4 is 10.6 Å². The highest BCUT2D eigenvalue weighted by atomic mass is 16.3. The highest BCUT2D eigenvalue weighted by Gasteiger charge is 2.24. The topological polar surface area (TPSA) is 81.7 Å². The Hall–Kier alpha value is -2.86. The van der Waals surface area contributed by atoms with E-state index in [1.165, 1.54) is 11.1 Å². The molecule has 0 aromatic heterocycles. The lowest BCUT2D eigenvalue weighted by atomic mass is 10.0. The second-order valence-electron chi connectivity index (χ2n) is 7.46. The third-order valence-electron chi connectivity index (χ3n) is 5.58. The molecule has 2 amide bonds. The summed E-state index contributed by atoms with van der Waals surface area (Å²) in [7, 11) is 0. The van der Waals surface area contributed by atoms with Crippen molar-refractivity contribution in [1.29, 1.82) is 0 Å². The lowest BCUT2D eigenvalue weighted by Gasteiger charge is -2.34. The lowest BCUT2D eigenvalue weighted by molar-refractivity contribution is -0.131. The number of benzene rings is 2. The standard InChI is InChI=1S/C22H25N3O3/c26-19-8-6-16(7-9-19)20-14-25(11-10-23-20)21(27)13-24-22(28)18-5-4-15-2-1-3-17(15)12-18/h4-9,12,20,23,26H,1-3,10-11,13-14H2,(H,24,28). The molecule has 28 heavy (non-hydrogen) atoms. The van der Waals surface area contributed by atoms with Gasteiger partial charge in [0.15, 0.2) is 0 Å². The molecule has 0 radical (unpaired) electrons. The van der Waals surface area contributed by atoms with Gasteiger partial charge < -0.3 is 20.6 Å². The van der Waals surface area contributed by atoms with Crippen molar-refractivity contribution in [3.63, 3.8) is 0 Å². The molecule has 1 aliphatic heterocycles. The van der Waals surface area contributed by atoms with Crippen LogP contribution in [0.5, 0.6) is 5.75 Å². The van der Waals surface area contributed by atoms with Crippen LogP contribution in [0.3, 0.4) is 0 Å². The van der Waals surface area contributed by atoms with Crippen molar-refractivity contribution < 1.29 is 14.7 Å². The molecule has 0 saturated carbocycles. The van der Waals surface area contributed by atoms with Gasteiger partial charge in [0, 0.05) is 31.2 Å². The Morgan fingerprint density at radius 2 is 1.89 bits per heavy atom. The Balaban J connectivity index is 1.33. The molecular weight excluding hydrogens is 354 g/mol. The third kappa shape index (κ3) is 4.02. The van der Waals surface area contributed by atoms with Gasteiger partial charge in [-0.3, -0.25) is 9.59 Å². The molecule has 3 N–H and O–H groups in total. The lowest BCUT2D eigenvalue weighted by Crippen LogP contribution is -2.51. The zero-order valence-electron chi connectivity index (χ0n) is 15.8. The molecule has 4 rings (SSSR count). The van der Waals surface area contributed by atoms with Gasteiger partial charge in [-0.15, -0.1) is 0 Å². The van der Waals surface area contributed by atoms with Gasteiger partial charge in [0.05, 0.1) is 6.54 Å². The van der Waals surface area contributed by atoms with Crippen molar-refractivity contribution in [2.24, 2.45) is 0 Å². The van der Waals surface area contributed by atoms with Crippen molar-refractivity contribution in [1.82, 2.24) is 15.5 Å². The van der Waals surface area contributed by atoms with E-state index in [0.29, 0.717) is 25.2 Å². The minimum atomic E-state index is -0.201. The number of hydrogen-bond donors (Lipinski definition) is 3. The minimum Gasteiger partial charge on any atom is -0.508 e. The van der Waals surface area contributed by atoms with Gasteiger partial charge in [-0.1, -0.05) is 18.2 Å². The molecule has 1 aliphatic carbocycles. The number of amides is 2. The first kappa shape index (κ1) is 18.5. The number of nitrogens with zero attached hydrogens (tertiary/aromatic N) is 1. The average molecular weight is 379 g/mol. The summed E-state index contributed by atoms with van der Waals surface area (Å²) >= 11 is 0. The molecule has 1 unspecified atom stereocenters. The van der Waals surface area contributed by atoms with E-state index in [-0.39, 0.29) is 30.2 Å². The Labute approximate surface area is 164 Å². The van der Waals surface area contributed by atoms with Gasteiger partial charge in [-0.2, -0.15) is 0 Å². The fourth-order valence-corrected chi connectivity index (χ4v) is 3.99. The summed E-state index contributed by atoms with van der Waals surface area (Å²) in [5.74, 6) is -0.0604. The van der Waals surface area contributed by atoms with Crippen LogP contribution in [0.15, 0.2) is 42.5 Å². The maximum Gasteiger partial charge on any atom is 0.251 e. The van der Waals surface area contributed by atoms with E-state index >= 15 is 0 Å². The van der Waals surface area contributed by atoms with Crippen molar-refractivity contribution >= 4 is 11.8 Å². The second kappa shape index (κ2) is 8.02. The number of nitrogens with one attached hydrogen (secondary N) is 2. The number of phenols is 1. The SMILES string of the molecule is O=C(NCC(=O)N1CCNC(c2ccc(O)cc2)C1)c1ccc2c(c1)CCC2. The summed E-state index contributed by atoms with van der Waals surface area (Å²) in [5, 5.41) is 15.6. The van der Waals surface area contributed by atoms with Crippen LogP contribution in [0.4, 0.5) is 0 Å². The minimum absolute atomic E-state index is 0.00177. The van der Waals surface area contributed by atoms with Crippen LogP contribution in [-0.4, -0.2) is 48.0 Å². The van der Waals surface area contributed by atoms with Crippen molar-refractivity contribution in [2.75, 3.05) is 26.2 Å². The van der Waals surface area contributed by atoms with E-state index in [1.54, 1.807) is 17.0 Å². The summed E-state index contributed by atoms with van der Waals surface area (Å²) in [6, 6.07) is 12.9. The maximum absolute atomic E-state index is 12.6. The number of carbonyl (C=O) groups excluding carboxylic acids is 2. The quantitative estimate of drug-likeness (QED) is 0.756. The first-order valence-electron chi connectivity index (χ1n) is 9.80. The Morgan fingerprint density at radius 3 is 2.71 bits per heavy atom. The summed E-state index contributed by atoms with van der Waals surface area (Å²) in [6.07, 6.45) is 3.25. The molecule has 2 aromatic rings. The summed E-state index contributed by atoms with van der Waals surface area (Å²) in [5.41, 5.74) is 4.22. The molecule has 0 bridgehead atoms. The Morgan fingerprint density at radius 1 is 1.11 bits per heavy atom. The van der Waals surface area contributed by atoms with Crippen molar-refractivity contribution in [2.45, 2.75) is 25.3 Å². The van der Waals surface area contributed by atoms with Gasteiger partial charge in [0.25, 0.3) is 5.91 Å². The molecule has 6 heteroatoms. The van der Waals surface area contributed by atoms with Crippen LogP contribution in [-0.2, 0) is 17.6 Å². The molecule has 1 heterocycles. The van der Waals surface area contributed by atoms with Crippen molar-refractivity contribution in [3.8, 4) is 5.75 Å². The normalized spacial score (nSPS) is 18.6. The largest absolute Gasteiger partial charge is 0.508 e. The fourth-order valence-electron chi connectivity index (χ4n) is 3.99. The van der Waals surface area contributed by atoms with Crippen LogP contribution in [0, 0.1) is 0 Å². The first-order valence-corrected chi connectivity index (χ1v) is 9.80. The zero-order valence-corrected chi connectivity index (χ0v) is 15.8. The van der Waals surface area contributed by atoms with E-state index in [1.807, 2.05) is 30.3 Å². The Kier molecular flexibility index (Phi) is 5.30.